The monoisotopic (exact) mass is 635 g/mol. The number of nitrogens with one attached hydrogen (secondary N) is 2. The maximum Gasteiger partial charge on any atom is 0.313 e. The Bertz CT molecular complexity index is 1490. The summed E-state index contributed by atoms with van der Waals surface area (Å²) in [6.07, 6.45) is 0.432. The number of halogens is 4. The van der Waals surface area contributed by atoms with Gasteiger partial charge in [0, 0.05) is 29.8 Å². The molecule has 2 fully saturated rings. The Morgan fingerprint density at radius 2 is 1.56 bits per heavy atom. The summed E-state index contributed by atoms with van der Waals surface area (Å²) in [6, 6.07) is 4.50. The first-order valence-electron chi connectivity index (χ1n) is 14.3. The highest BCUT2D eigenvalue weighted by atomic mass is 19.2. The van der Waals surface area contributed by atoms with E-state index in [0.29, 0.717) is 18.5 Å². The third kappa shape index (κ3) is 7.43. The molecule has 0 radical (unpaired) electrons. The second-order valence-electron chi connectivity index (χ2n) is 12.2. The molecule has 0 aromatic heterocycles. The summed E-state index contributed by atoms with van der Waals surface area (Å²) in [6.45, 7) is 4.73. The number of carboxylic acid groups (broad SMARTS) is 1. The number of hydrogen-bond acceptors (Lipinski definition) is 6. The van der Waals surface area contributed by atoms with Crippen molar-refractivity contribution in [2.24, 2.45) is 5.92 Å². The lowest BCUT2D eigenvalue weighted by Crippen LogP contribution is -2.54. The third-order valence-corrected chi connectivity index (χ3v) is 8.03. The first-order chi connectivity index (χ1) is 21.1. The average Bonchev–Trinajstić information content (AvgIpc) is 3.22. The molecule has 2 saturated heterocycles. The number of carbonyl (C=O) groups excluding carboxylic acids is 4. The zero-order chi connectivity index (χ0) is 33.2. The predicted octanol–water partition coefficient (Wildman–Crippen LogP) is 3.86. The maximum atomic E-state index is 13.9. The van der Waals surface area contributed by atoms with E-state index in [2.05, 4.69) is 15.4 Å². The lowest BCUT2D eigenvalue weighted by molar-refractivity contribution is -0.148. The summed E-state index contributed by atoms with van der Waals surface area (Å²) in [5, 5.41) is 14.3. The number of fused-ring (bicyclic) bond motifs is 2. The van der Waals surface area contributed by atoms with Crippen LogP contribution in [0.3, 0.4) is 0 Å². The van der Waals surface area contributed by atoms with E-state index in [4.69, 9.17) is 0 Å². The largest absolute Gasteiger partial charge is 0.481 e. The molecule has 3 N–H and O–H groups in total. The Balaban J connectivity index is 1.40. The molecule has 0 spiro atoms. The minimum Gasteiger partial charge on any atom is -0.481 e. The van der Waals surface area contributed by atoms with Crippen LogP contribution >= 0.6 is 0 Å². The van der Waals surface area contributed by atoms with Gasteiger partial charge in [0.25, 0.3) is 0 Å². The number of anilines is 1. The van der Waals surface area contributed by atoms with Crippen LogP contribution in [0.5, 0.6) is 5.75 Å². The number of piperidine rings is 1. The molecule has 2 aliphatic heterocycles. The fourth-order valence-electron chi connectivity index (χ4n) is 5.89. The van der Waals surface area contributed by atoms with Crippen molar-refractivity contribution in [1.82, 2.24) is 10.2 Å². The van der Waals surface area contributed by atoms with Crippen molar-refractivity contribution in [3.63, 3.8) is 0 Å². The molecule has 2 aliphatic rings. The van der Waals surface area contributed by atoms with Gasteiger partial charge in [-0.25, -0.2) is 8.78 Å². The number of amides is 3. The third-order valence-electron chi connectivity index (χ3n) is 8.03. The van der Waals surface area contributed by atoms with E-state index in [9.17, 15) is 46.6 Å². The molecular formula is C31H33F4N3O7. The number of hydrogen-bond donors (Lipinski definition) is 3. The van der Waals surface area contributed by atoms with Gasteiger partial charge < -0.3 is 25.4 Å². The molecule has 2 aromatic carbocycles. The summed E-state index contributed by atoms with van der Waals surface area (Å²) >= 11 is 0. The van der Waals surface area contributed by atoms with Crippen molar-refractivity contribution in [2.45, 2.75) is 76.4 Å². The molecule has 0 saturated carbocycles. The second-order valence-corrected chi connectivity index (χ2v) is 12.2. The van der Waals surface area contributed by atoms with E-state index >= 15 is 0 Å². The first kappa shape index (κ1) is 33.4. The summed E-state index contributed by atoms with van der Waals surface area (Å²) in [7, 11) is 0. The van der Waals surface area contributed by atoms with Crippen molar-refractivity contribution >= 4 is 35.2 Å². The van der Waals surface area contributed by atoms with E-state index in [1.807, 2.05) is 32.9 Å². The van der Waals surface area contributed by atoms with Gasteiger partial charge in [0.15, 0.2) is 23.2 Å². The van der Waals surface area contributed by atoms with E-state index in [0.717, 1.165) is 5.56 Å². The summed E-state index contributed by atoms with van der Waals surface area (Å²) in [5.41, 5.74) is 1.06. The van der Waals surface area contributed by atoms with Gasteiger partial charge in [0.05, 0.1) is 6.42 Å². The zero-order valence-corrected chi connectivity index (χ0v) is 24.8. The van der Waals surface area contributed by atoms with E-state index < -0.39 is 95.6 Å². The topological polar surface area (TPSA) is 142 Å². The zero-order valence-electron chi connectivity index (χ0n) is 24.8. The Kier molecular flexibility index (Phi) is 9.83. The fraction of sp³-hybridized carbons (Fsp3) is 0.452. The van der Waals surface area contributed by atoms with Crippen molar-refractivity contribution in [2.75, 3.05) is 11.9 Å². The van der Waals surface area contributed by atoms with Gasteiger partial charge in [0.1, 0.15) is 12.6 Å². The number of para-hydroxylation sites is 1. The molecule has 3 amide bonds. The van der Waals surface area contributed by atoms with Gasteiger partial charge in [-0.05, 0) is 42.7 Å². The van der Waals surface area contributed by atoms with Gasteiger partial charge in [-0.15, -0.1) is 0 Å². The molecule has 3 atom stereocenters. The average molecular weight is 636 g/mol. The van der Waals surface area contributed by atoms with Crippen LogP contribution in [-0.2, 0) is 29.4 Å². The number of ketones is 1. The summed E-state index contributed by atoms with van der Waals surface area (Å²) < 4.78 is 59.4. The van der Waals surface area contributed by atoms with E-state index in [1.54, 1.807) is 12.1 Å². The van der Waals surface area contributed by atoms with Crippen LogP contribution in [0.15, 0.2) is 30.3 Å². The highest BCUT2D eigenvalue weighted by Gasteiger charge is 2.47. The second kappa shape index (κ2) is 13.2. The molecule has 2 unspecified atom stereocenters. The van der Waals surface area contributed by atoms with Gasteiger partial charge in [-0.3, -0.25) is 24.0 Å². The van der Waals surface area contributed by atoms with Crippen molar-refractivity contribution in [3.8, 4) is 5.75 Å². The fourth-order valence-corrected chi connectivity index (χ4v) is 5.89. The lowest BCUT2D eigenvalue weighted by Gasteiger charge is -2.38. The van der Waals surface area contributed by atoms with Crippen molar-refractivity contribution in [3.05, 3.63) is 59.2 Å². The lowest BCUT2D eigenvalue weighted by atomic mass is 9.86. The van der Waals surface area contributed by atoms with Crippen LogP contribution in [0, 0.1) is 29.2 Å². The van der Waals surface area contributed by atoms with Crippen LogP contribution in [-0.4, -0.2) is 64.2 Å². The minimum atomic E-state index is -1.88. The normalized spacial score (nSPS) is 19.9. The number of rotatable bonds is 9. The Morgan fingerprint density at radius 1 is 0.978 bits per heavy atom. The molecule has 14 heteroatoms. The first-order valence-corrected chi connectivity index (χ1v) is 14.3. The Labute approximate surface area is 256 Å². The van der Waals surface area contributed by atoms with Gasteiger partial charge in [-0.1, -0.05) is 39.0 Å². The minimum absolute atomic E-state index is 0.0443. The smallest absolute Gasteiger partial charge is 0.313 e. The molecule has 242 valence electrons. The Hall–Kier alpha value is -4.49. The van der Waals surface area contributed by atoms with E-state index in [-0.39, 0.29) is 24.3 Å². The van der Waals surface area contributed by atoms with Crippen LogP contribution in [0.1, 0.15) is 58.4 Å². The molecule has 2 heterocycles. The molecule has 2 bridgehead atoms. The molecule has 4 rings (SSSR count). The standard InChI is InChI=1S/C31H33F4N3O7/c1-31(2,3)18-6-4-5-7-21(18)36-29(43)30(44)38-16-8-9-17(38)11-15(10-16)28(42)37-22(13-24(40)41)23(39)14-45-27-25(34)19(32)12-20(33)26(27)35/h4-7,12,15-17,22H,8-11,13-14H2,1-3H3,(H,36,43)(H,37,42)(H,40,41)/t15?,16?,17?,22-/m0/s1. The van der Waals surface area contributed by atoms with Gasteiger partial charge in [-0.2, -0.15) is 8.78 Å². The van der Waals surface area contributed by atoms with Crippen molar-refractivity contribution in [1.29, 1.82) is 0 Å². The number of Topliss-reactive ketones (excluding diaryl/α,β-unsaturated/α-hetero) is 1. The molecule has 45 heavy (non-hydrogen) atoms. The van der Waals surface area contributed by atoms with Crippen LogP contribution < -0.4 is 15.4 Å². The van der Waals surface area contributed by atoms with Crippen LogP contribution in [0.25, 0.3) is 0 Å². The number of benzene rings is 2. The van der Waals surface area contributed by atoms with Gasteiger partial charge in [0.2, 0.25) is 17.5 Å². The highest BCUT2D eigenvalue weighted by molar-refractivity contribution is 6.39. The molecule has 0 aliphatic carbocycles. The molecular weight excluding hydrogens is 602 g/mol. The predicted molar refractivity (Wildman–Crippen MR) is 151 cm³/mol. The van der Waals surface area contributed by atoms with Crippen LogP contribution in [0.4, 0.5) is 23.2 Å². The van der Waals surface area contributed by atoms with Crippen LogP contribution in [0.2, 0.25) is 0 Å². The molecule has 10 nitrogen and oxygen atoms in total. The van der Waals surface area contributed by atoms with Gasteiger partial charge >= 0.3 is 17.8 Å². The maximum absolute atomic E-state index is 13.9. The molecule has 2 aromatic rings. The number of ether oxygens (including phenoxy) is 1. The quantitative estimate of drug-likeness (QED) is 0.216. The van der Waals surface area contributed by atoms with Crippen molar-refractivity contribution < 1.29 is 51.4 Å². The highest BCUT2D eigenvalue weighted by Crippen LogP contribution is 2.39. The SMILES string of the molecule is CC(C)(C)c1ccccc1NC(=O)C(=O)N1C2CCC1CC(C(=O)N[C@@H](CC(=O)O)C(=O)COc1c(F)c(F)cc(F)c1F)C2. The summed E-state index contributed by atoms with van der Waals surface area (Å²) in [5.74, 6) is -14.4. The number of aliphatic carboxylic acids is 1. The number of nitrogens with zero attached hydrogens (tertiary/aromatic N) is 1. The Morgan fingerprint density at radius 3 is 2.11 bits per heavy atom. The summed E-state index contributed by atoms with van der Waals surface area (Å²) in [4.78, 5) is 65.0. The number of carboxylic acids is 1. The number of carbonyl (C=O) groups is 5. The van der Waals surface area contributed by atoms with E-state index in [1.165, 1.54) is 4.90 Å².